The lowest BCUT2D eigenvalue weighted by atomic mass is 10.1. The van der Waals surface area contributed by atoms with E-state index < -0.39 is 4.92 Å². The molecule has 2 aromatic rings. The molecule has 1 aliphatic rings. The molecule has 0 atom stereocenters. The topological polar surface area (TPSA) is 90.1 Å². The molecular formula is C16H18N4O3. The van der Waals surface area contributed by atoms with Crippen LogP contribution in [0.5, 0.6) is 0 Å². The molecule has 1 N–H and O–H groups in total. The van der Waals surface area contributed by atoms with Crippen LogP contribution in [0.25, 0.3) is 5.69 Å². The predicted octanol–water partition coefficient (Wildman–Crippen LogP) is 3.22. The first-order chi connectivity index (χ1) is 11.0. The van der Waals surface area contributed by atoms with E-state index in [1.165, 1.54) is 12.1 Å². The van der Waals surface area contributed by atoms with Gasteiger partial charge in [0.15, 0.2) is 0 Å². The van der Waals surface area contributed by atoms with E-state index in [0.29, 0.717) is 11.5 Å². The Hall–Kier alpha value is -2.70. The van der Waals surface area contributed by atoms with E-state index in [1.807, 2.05) is 6.92 Å². The summed E-state index contributed by atoms with van der Waals surface area (Å²) in [7, 11) is 0. The fourth-order valence-electron chi connectivity index (χ4n) is 2.92. The summed E-state index contributed by atoms with van der Waals surface area (Å²) in [6, 6.07) is 7.89. The highest BCUT2D eigenvalue weighted by Gasteiger charge is 2.24. The van der Waals surface area contributed by atoms with Crippen LogP contribution in [-0.2, 0) is 4.79 Å². The van der Waals surface area contributed by atoms with Gasteiger partial charge in [-0.3, -0.25) is 14.9 Å². The van der Waals surface area contributed by atoms with E-state index in [2.05, 4.69) is 10.4 Å². The van der Waals surface area contributed by atoms with Gasteiger partial charge in [-0.2, -0.15) is 5.10 Å². The zero-order valence-corrected chi connectivity index (χ0v) is 12.9. The number of hydrogen-bond acceptors (Lipinski definition) is 4. The van der Waals surface area contributed by atoms with Crippen molar-refractivity contribution in [1.82, 2.24) is 9.78 Å². The van der Waals surface area contributed by atoms with Gasteiger partial charge in [0.1, 0.15) is 5.82 Å². The first kappa shape index (κ1) is 15.2. The van der Waals surface area contributed by atoms with Crippen LogP contribution < -0.4 is 5.32 Å². The van der Waals surface area contributed by atoms with Gasteiger partial charge in [-0.25, -0.2) is 4.68 Å². The van der Waals surface area contributed by atoms with Gasteiger partial charge in [-0.05, 0) is 31.9 Å². The monoisotopic (exact) mass is 314 g/mol. The number of benzene rings is 1. The molecule has 1 saturated carbocycles. The number of carbonyl (C=O) groups is 1. The van der Waals surface area contributed by atoms with Gasteiger partial charge in [0, 0.05) is 24.1 Å². The second-order valence-corrected chi connectivity index (χ2v) is 5.83. The maximum absolute atomic E-state index is 12.3. The Kier molecular flexibility index (Phi) is 4.10. The summed E-state index contributed by atoms with van der Waals surface area (Å²) in [4.78, 5) is 22.6. The van der Waals surface area contributed by atoms with Crippen molar-refractivity contribution in [1.29, 1.82) is 0 Å². The maximum Gasteiger partial charge on any atom is 0.269 e. The quantitative estimate of drug-likeness (QED) is 0.693. The Bertz CT molecular complexity index is 730. The first-order valence-electron chi connectivity index (χ1n) is 7.67. The van der Waals surface area contributed by atoms with E-state index >= 15 is 0 Å². The second-order valence-electron chi connectivity index (χ2n) is 5.83. The van der Waals surface area contributed by atoms with Gasteiger partial charge in [0.05, 0.1) is 16.3 Å². The number of nitro groups is 1. The van der Waals surface area contributed by atoms with Gasteiger partial charge < -0.3 is 5.32 Å². The van der Waals surface area contributed by atoms with E-state index in [4.69, 9.17) is 0 Å². The molecule has 3 rings (SSSR count). The molecular weight excluding hydrogens is 296 g/mol. The molecule has 0 unspecified atom stereocenters. The summed E-state index contributed by atoms with van der Waals surface area (Å²) in [6.07, 6.45) is 4.05. The molecule has 1 heterocycles. The Morgan fingerprint density at radius 2 is 1.96 bits per heavy atom. The van der Waals surface area contributed by atoms with Crippen molar-refractivity contribution in [3.8, 4) is 5.69 Å². The molecule has 1 aromatic heterocycles. The summed E-state index contributed by atoms with van der Waals surface area (Å²) in [5, 5.41) is 18.0. The maximum atomic E-state index is 12.3. The number of nitrogens with one attached hydrogen (secondary N) is 1. The molecule has 1 fully saturated rings. The van der Waals surface area contributed by atoms with Gasteiger partial charge in [-0.1, -0.05) is 12.8 Å². The van der Waals surface area contributed by atoms with Crippen molar-refractivity contribution in [3.05, 3.63) is 46.1 Å². The van der Waals surface area contributed by atoms with Crippen LogP contribution >= 0.6 is 0 Å². The Morgan fingerprint density at radius 3 is 2.57 bits per heavy atom. The fourth-order valence-corrected chi connectivity index (χ4v) is 2.92. The third-order valence-corrected chi connectivity index (χ3v) is 4.11. The summed E-state index contributed by atoms with van der Waals surface area (Å²) in [6.45, 7) is 1.84. The Labute approximate surface area is 133 Å². The number of non-ortho nitro benzene ring substituents is 1. The van der Waals surface area contributed by atoms with Gasteiger partial charge in [0.2, 0.25) is 5.91 Å². The molecule has 7 heteroatoms. The smallest absolute Gasteiger partial charge is 0.269 e. The normalized spacial score (nSPS) is 14.8. The Morgan fingerprint density at radius 1 is 1.30 bits per heavy atom. The lowest BCUT2D eigenvalue weighted by Crippen LogP contribution is -2.22. The van der Waals surface area contributed by atoms with Gasteiger partial charge in [-0.15, -0.1) is 0 Å². The number of anilines is 1. The van der Waals surface area contributed by atoms with E-state index in [-0.39, 0.29) is 17.5 Å². The van der Waals surface area contributed by atoms with Crippen molar-refractivity contribution in [2.24, 2.45) is 5.92 Å². The molecule has 1 amide bonds. The number of aryl methyl sites for hydroxylation is 1. The van der Waals surface area contributed by atoms with Crippen molar-refractivity contribution >= 4 is 17.4 Å². The number of aromatic nitrogens is 2. The van der Waals surface area contributed by atoms with Gasteiger partial charge >= 0.3 is 0 Å². The third-order valence-electron chi connectivity index (χ3n) is 4.11. The molecule has 0 aliphatic heterocycles. The fraction of sp³-hybridized carbons (Fsp3) is 0.375. The largest absolute Gasteiger partial charge is 0.310 e. The van der Waals surface area contributed by atoms with E-state index in [1.54, 1.807) is 22.9 Å². The average molecular weight is 314 g/mol. The van der Waals surface area contributed by atoms with Crippen LogP contribution in [0, 0.1) is 23.0 Å². The zero-order valence-electron chi connectivity index (χ0n) is 12.9. The summed E-state index contributed by atoms with van der Waals surface area (Å²) >= 11 is 0. The van der Waals surface area contributed by atoms with E-state index in [0.717, 1.165) is 31.4 Å². The number of amides is 1. The molecule has 0 radical (unpaired) electrons. The number of rotatable bonds is 4. The lowest BCUT2D eigenvalue weighted by molar-refractivity contribution is -0.384. The average Bonchev–Trinajstić information content (AvgIpc) is 3.17. The standard InChI is InChI=1S/C16H18N4O3/c1-11-10-15(17-16(21)12-4-2-3-5-12)19(18-11)13-6-8-14(9-7-13)20(22)23/h6-10,12H,2-5H2,1H3,(H,17,21). The molecule has 7 nitrogen and oxygen atoms in total. The number of nitrogens with zero attached hydrogens (tertiary/aromatic N) is 3. The third kappa shape index (κ3) is 3.23. The molecule has 120 valence electrons. The highest BCUT2D eigenvalue weighted by atomic mass is 16.6. The summed E-state index contributed by atoms with van der Waals surface area (Å²) < 4.78 is 1.60. The molecule has 0 saturated heterocycles. The zero-order chi connectivity index (χ0) is 16.4. The minimum absolute atomic E-state index is 0.0190. The van der Waals surface area contributed by atoms with Crippen molar-refractivity contribution in [3.63, 3.8) is 0 Å². The summed E-state index contributed by atoms with van der Waals surface area (Å²) in [5.74, 6) is 0.675. The predicted molar refractivity (Wildman–Crippen MR) is 85.5 cm³/mol. The van der Waals surface area contributed by atoms with Crippen LogP contribution in [0.1, 0.15) is 31.4 Å². The van der Waals surface area contributed by atoms with Gasteiger partial charge in [0.25, 0.3) is 5.69 Å². The molecule has 0 bridgehead atoms. The minimum Gasteiger partial charge on any atom is -0.310 e. The highest BCUT2D eigenvalue weighted by molar-refractivity contribution is 5.92. The number of nitro benzene ring substituents is 1. The highest BCUT2D eigenvalue weighted by Crippen LogP contribution is 2.27. The summed E-state index contributed by atoms with van der Waals surface area (Å²) in [5.41, 5.74) is 1.46. The molecule has 23 heavy (non-hydrogen) atoms. The second kappa shape index (κ2) is 6.20. The number of carbonyl (C=O) groups excluding carboxylic acids is 1. The lowest BCUT2D eigenvalue weighted by Gasteiger charge is -2.12. The molecule has 1 aromatic carbocycles. The number of hydrogen-bond donors (Lipinski definition) is 1. The SMILES string of the molecule is Cc1cc(NC(=O)C2CCCC2)n(-c2ccc([N+](=O)[O-])cc2)n1. The van der Waals surface area contributed by atoms with Crippen LogP contribution in [0.15, 0.2) is 30.3 Å². The molecule has 1 aliphatic carbocycles. The minimum atomic E-state index is -0.444. The van der Waals surface area contributed by atoms with Crippen LogP contribution in [0.4, 0.5) is 11.5 Å². The van der Waals surface area contributed by atoms with Crippen molar-refractivity contribution < 1.29 is 9.72 Å². The van der Waals surface area contributed by atoms with E-state index in [9.17, 15) is 14.9 Å². The van der Waals surface area contributed by atoms with Crippen molar-refractivity contribution in [2.75, 3.05) is 5.32 Å². The van der Waals surface area contributed by atoms with Crippen LogP contribution in [0.2, 0.25) is 0 Å². The first-order valence-corrected chi connectivity index (χ1v) is 7.67. The Balaban J connectivity index is 1.85. The van der Waals surface area contributed by atoms with Crippen LogP contribution in [0.3, 0.4) is 0 Å². The van der Waals surface area contributed by atoms with Crippen molar-refractivity contribution in [2.45, 2.75) is 32.6 Å². The van der Waals surface area contributed by atoms with Crippen LogP contribution in [-0.4, -0.2) is 20.6 Å². The molecule has 0 spiro atoms.